The number of hydrogen-bond acceptors (Lipinski definition) is 7. The van der Waals surface area contributed by atoms with Gasteiger partial charge < -0.3 is 29.6 Å². The minimum atomic E-state index is -0.598. The number of anilines is 1. The number of piperazine rings is 1. The van der Waals surface area contributed by atoms with E-state index in [0.717, 1.165) is 28.6 Å². The molecular weight excluding hydrogens is 526 g/mol. The average Bonchev–Trinajstić information content (AvgIpc) is 3.33. The highest BCUT2D eigenvalue weighted by atomic mass is 16.6. The molecule has 2 amide bonds. The van der Waals surface area contributed by atoms with Crippen LogP contribution in [-0.2, 0) is 16.0 Å². The smallest absolute Gasteiger partial charge is 0.407 e. The fourth-order valence-electron chi connectivity index (χ4n) is 4.88. The second kappa shape index (κ2) is 12.9. The number of benzene rings is 2. The largest absolute Gasteiger partial charge is 0.481 e. The fraction of sp³-hybridized carbons (Fsp3) is 0.467. The molecule has 1 atom stereocenters. The highest BCUT2D eigenvalue weighted by Crippen LogP contribution is 2.26. The number of non-ortho nitro benzene ring substituents is 1. The Hall–Kier alpha value is -4.28. The third-order valence-electron chi connectivity index (χ3n) is 6.92. The first-order chi connectivity index (χ1) is 19.5. The normalized spacial score (nSPS) is 14.5. The molecule has 11 heteroatoms. The van der Waals surface area contributed by atoms with Gasteiger partial charge in [0.2, 0.25) is 0 Å². The van der Waals surface area contributed by atoms with E-state index in [9.17, 15) is 19.7 Å². The predicted molar refractivity (Wildman–Crippen MR) is 157 cm³/mol. The van der Waals surface area contributed by atoms with Crippen LogP contribution in [0.4, 0.5) is 16.2 Å². The number of rotatable bonds is 10. The highest BCUT2D eigenvalue weighted by Gasteiger charge is 2.29. The molecule has 1 unspecified atom stereocenters. The molecule has 1 aromatic heterocycles. The standard InChI is InChI=1S/C30H39N5O6/c1-5-6-27(28(36)34-17-15-33(16-18-34)22-7-9-23(10-8-22)35(38)39)40-24-11-12-26-25(19-24)21(20-32-26)13-14-31-29(37)41-30(2,3)4/h7-12,19-20,27,32H,5-6,13-18H2,1-4H3,(H,31,37). The summed E-state index contributed by atoms with van der Waals surface area (Å²) in [4.78, 5) is 43.2. The van der Waals surface area contributed by atoms with Crippen LogP contribution >= 0.6 is 0 Å². The van der Waals surface area contributed by atoms with E-state index in [1.165, 1.54) is 12.1 Å². The van der Waals surface area contributed by atoms with Crippen molar-refractivity contribution in [2.75, 3.05) is 37.6 Å². The zero-order chi connectivity index (χ0) is 29.6. The van der Waals surface area contributed by atoms with Crippen LogP contribution in [-0.4, -0.2) is 71.2 Å². The Balaban J connectivity index is 1.36. The van der Waals surface area contributed by atoms with Gasteiger partial charge in [-0.1, -0.05) is 13.3 Å². The summed E-state index contributed by atoms with van der Waals surface area (Å²) in [5, 5.41) is 14.7. The number of nitrogens with zero attached hydrogens (tertiary/aromatic N) is 3. The van der Waals surface area contributed by atoms with Crippen molar-refractivity contribution in [2.45, 2.75) is 58.7 Å². The minimum Gasteiger partial charge on any atom is -0.481 e. The predicted octanol–water partition coefficient (Wildman–Crippen LogP) is 5.04. The molecule has 0 radical (unpaired) electrons. The van der Waals surface area contributed by atoms with E-state index in [4.69, 9.17) is 9.47 Å². The molecular formula is C30H39N5O6. The van der Waals surface area contributed by atoms with Gasteiger partial charge in [0.1, 0.15) is 11.4 Å². The molecule has 41 heavy (non-hydrogen) atoms. The summed E-state index contributed by atoms with van der Waals surface area (Å²) in [6.07, 6.45) is 2.88. The van der Waals surface area contributed by atoms with Gasteiger partial charge in [0.25, 0.3) is 11.6 Å². The van der Waals surface area contributed by atoms with Gasteiger partial charge in [-0.05, 0) is 69.5 Å². The maximum absolute atomic E-state index is 13.5. The van der Waals surface area contributed by atoms with Crippen molar-refractivity contribution < 1.29 is 24.0 Å². The summed E-state index contributed by atoms with van der Waals surface area (Å²) >= 11 is 0. The van der Waals surface area contributed by atoms with Crippen molar-refractivity contribution in [3.05, 3.63) is 64.3 Å². The number of aromatic amines is 1. The maximum atomic E-state index is 13.5. The Bertz CT molecular complexity index is 1360. The minimum absolute atomic E-state index is 0.0360. The van der Waals surface area contributed by atoms with Crippen LogP contribution in [0, 0.1) is 10.1 Å². The molecule has 2 heterocycles. The summed E-state index contributed by atoms with van der Waals surface area (Å²) in [5.41, 5.74) is 2.39. The Morgan fingerprint density at radius 3 is 2.44 bits per heavy atom. The van der Waals surface area contributed by atoms with E-state index in [1.807, 2.05) is 57.0 Å². The van der Waals surface area contributed by atoms with Crippen molar-refractivity contribution in [1.29, 1.82) is 0 Å². The lowest BCUT2D eigenvalue weighted by Crippen LogP contribution is -2.52. The lowest BCUT2D eigenvalue weighted by Gasteiger charge is -2.37. The van der Waals surface area contributed by atoms with Crippen LogP contribution < -0.4 is 15.0 Å². The van der Waals surface area contributed by atoms with Gasteiger partial charge in [-0.2, -0.15) is 0 Å². The van der Waals surface area contributed by atoms with Crippen molar-refractivity contribution in [3.63, 3.8) is 0 Å². The zero-order valence-electron chi connectivity index (χ0n) is 24.1. The number of aromatic nitrogens is 1. The molecule has 1 saturated heterocycles. The lowest BCUT2D eigenvalue weighted by molar-refractivity contribution is -0.384. The first-order valence-electron chi connectivity index (χ1n) is 14.1. The van der Waals surface area contributed by atoms with Crippen LogP contribution in [0.3, 0.4) is 0 Å². The van der Waals surface area contributed by atoms with Crippen molar-refractivity contribution >= 4 is 34.3 Å². The van der Waals surface area contributed by atoms with Crippen LogP contribution in [0.2, 0.25) is 0 Å². The van der Waals surface area contributed by atoms with Gasteiger partial charge in [-0.15, -0.1) is 0 Å². The SMILES string of the molecule is CCCC(Oc1ccc2[nH]cc(CCNC(=O)OC(C)(C)C)c2c1)C(=O)N1CCN(c2ccc([N+](=O)[O-])cc2)CC1. The van der Waals surface area contributed by atoms with Gasteiger partial charge in [0.05, 0.1) is 4.92 Å². The summed E-state index contributed by atoms with van der Waals surface area (Å²) in [6, 6.07) is 12.2. The molecule has 0 saturated carbocycles. The number of carbonyl (C=O) groups excluding carboxylic acids is 2. The number of fused-ring (bicyclic) bond motifs is 1. The van der Waals surface area contributed by atoms with Crippen LogP contribution in [0.15, 0.2) is 48.7 Å². The monoisotopic (exact) mass is 565 g/mol. The quantitative estimate of drug-likeness (QED) is 0.260. The lowest BCUT2D eigenvalue weighted by atomic mass is 10.1. The van der Waals surface area contributed by atoms with Gasteiger partial charge in [-0.3, -0.25) is 14.9 Å². The molecule has 2 aromatic carbocycles. The third kappa shape index (κ3) is 7.90. The first-order valence-corrected chi connectivity index (χ1v) is 14.1. The Labute approximate surface area is 239 Å². The van der Waals surface area contributed by atoms with E-state index in [1.54, 1.807) is 12.1 Å². The third-order valence-corrected chi connectivity index (χ3v) is 6.92. The molecule has 1 fully saturated rings. The fourth-order valence-corrected chi connectivity index (χ4v) is 4.88. The Morgan fingerprint density at radius 1 is 1.10 bits per heavy atom. The summed E-state index contributed by atoms with van der Waals surface area (Å²) in [7, 11) is 0. The molecule has 1 aliphatic heterocycles. The molecule has 4 rings (SSSR count). The van der Waals surface area contributed by atoms with E-state index in [0.29, 0.717) is 51.3 Å². The number of amides is 2. The van der Waals surface area contributed by atoms with E-state index in [-0.39, 0.29) is 11.6 Å². The number of nitro benzene ring substituents is 1. The van der Waals surface area contributed by atoms with E-state index < -0.39 is 22.7 Å². The molecule has 0 aliphatic carbocycles. The number of ether oxygens (including phenoxy) is 2. The number of alkyl carbamates (subject to hydrolysis) is 1. The first kappa shape index (κ1) is 29.7. The summed E-state index contributed by atoms with van der Waals surface area (Å²) in [5.74, 6) is 0.584. The molecule has 11 nitrogen and oxygen atoms in total. The van der Waals surface area contributed by atoms with Crippen LogP contribution in [0.1, 0.15) is 46.1 Å². The van der Waals surface area contributed by atoms with Crippen LogP contribution in [0.25, 0.3) is 10.9 Å². The molecule has 0 bridgehead atoms. The molecule has 2 N–H and O–H groups in total. The molecule has 1 aliphatic rings. The Morgan fingerprint density at radius 2 is 1.80 bits per heavy atom. The van der Waals surface area contributed by atoms with Crippen molar-refractivity contribution in [3.8, 4) is 5.75 Å². The van der Waals surface area contributed by atoms with Crippen molar-refractivity contribution in [2.24, 2.45) is 0 Å². The van der Waals surface area contributed by atoms with E-state index >= 15 is 0 Å². The maximum Gasteiger partial charge on any atom is 0.407 e. The molecule has 0 spiro atoms. The second-order valence-electron chi connectivity index (χ2n) is 11.2. The summed E-state index contributed by atoms with van der Waals surface area (Å²) in [6.45, 7) is 10.3. The highest BCUT2D eigenvalue weighted by molar-refractivity contribution is 5.85. The number of nitro groups is 1. The molecule has 220 valence electrons. The number of nitrogens with one attached hydrogen (secondary N) is 2. The topological polar surface area (TPSA) is 130 Å². The van der Waals surface area contributed by atoms with E-state index in [2.05, 4.69) is 15.2 Å². The zero-order valence-corrected chi connectivity index (χ0v) is 24.1. The summed E-state index contributed by atoms with van der Waals surface area (Å²) < 4.78 is 11.6. The van der Waals surface area contributed by atoms with Gasteiger partial charge >= 0.3 is 6.09 Å². The second-order valence-corrected chi connectivity index (χ2v) is 11.2. The number of H-pyrrole nitrogens is 1. The van der Waals surface area contributed by atoms with Gasteiger partial charge in [-0.25, -0.2) is 4.79 Å². The van der Waals surface area contributed by atoms with Crippen molar-refractivity contribution in [1.82, 2.24) is 15.2 Å². The van der Waals surface area contributed by atoms with Gasteiger partial charge in [0, 0.05) is 67.6 Å². The Kier molecular flexibility index (Phi) is 9.36. The number of carbonyl (C=O) groups is 2. The number of hydrogen-bond donors (Lipinski definition) is 2. The average molecular weight is 566 g/mol. The van der Waals surface area contributed by atoms with Crippen LogP contribution in [0.5, 0.6) is 5.75 Å². The van der Waals surface area contributed by atoms with Gasteiger partial charge in [0.15, 0.2) is 6.10 Å². The molecule has 3 aromatic rings.